The van der Waals surface area contributed by atoms with Crippen molar-refractivity contribution in [2.75, 3.05) is 5.75 Å². The van der Waals surface area contributed by atoms with Crippen molar-refractivity contribution < 1.29 is 5.11 Å². The van der Waals surface area contributed by atoms with Crippen LogP contribution in [0.3, 0.4) is 0 Å². The second kappa shape index (κ2) is 5.06. The fraction of sp³-hybridized carbons (Fsp3) is 0.455. The summed E-state index contributed by atoms with van der Waals surface area (Å²) in [5.41, 5.74) is 0.523. The lowest BCUT2D eigenvalue weighted by Gasteiger charge is -2.16. The first-order valence-corrected chi connectivity index (χ1v) is 6.06. The molecule has 0 aliphatic rings. The molecule has 0 aliphatic carbocycles. The maximum absolute atomic E-state index is 9.51. The van der Waals surface area contributed by atoms with E-state index in [-0.39, 0.29) is 0 Å². The van der Waals surface area contributed by atoms with Gasteiger partial charge in [0.15, 0.2) is 0 Å². The summed E-state index contributed by atoms with van der Waals surface area (Å²) in [7, 11) is 0. The summed E-state index contributed by atoms with van der Waals surface area (Å²) in [6, 6.07) is 7.81. The Hall–Kier alpha value is -0.180. The number of halogens is 1. The van der Waals surface area contributed by atoms with Crippen LogP contribution in [0.2, 0.25) is 5.02 Å². The summed E-state index contributed by atoms with van der Waals surface area (Å²) in [5.74, 6) is 1.57. The Morgan fingerprint density at radius 1 is 1.36 bits per heavy atom. The smallest absolute Gasteiger partial charge is 0.0681 e. The monoisotopic (exact) mass is 230 g/mol. The highest BCUT2D eigenvalue weighted by atomic mass is 35.5. The van der Waals surface area contributed by atoms with Crippen LogP contribution in [0.25, 0.3) is 0 Å². The molecule has 0 radical (unpaired) electrons. The lowest BCUT2D eigenvalue weighted by atomic mass is 10.2. The Labute approximate surface area is 94.5 Å². The van der Waals surface area contributed by atoms with Gasteiger partial charge in [-0.05, 0) is 25.5 Å². The molecule has 78 valence electrons. The summed E-state index contributed by atoms with van der Waals surface area (Å²) < 4.78 is 0. The zero-order valence-corrected chi connectivity index (χ0v) is 10.0. The van der Waals surface area contributed by atoms with Gasteiger partial charge in [0.1, 0.15) is 0 Å². The van der Waals surface area contributed by atoms with E-state index in [9.17, 15) is 5.11 Å². The summed E-state index contributed by atoms with van der Waals surface area (Å²) in [5, 5.41) is 10.3. The summed E-state index contributed by atoms with van der Waals surface area (Å²) in [4.78, 5) is 0. The van der Waals surface area contributed by atoms with Crippen LogP contribution in [-0.2, 0) is 5.75 Å². The predicted molar refractivity (Wildman–Crippen MR) is 63.9 cm³/mol. The third-order valence-electron chi connectivity index (χ3n) is 1.67. The zero-order valence-electron chi connectivity index (χ0n) is 8.46. The summed E-state index contributed by atoms with van der Waals surface area (Å²) >= 11 is 7.69. The standard InChI is InChI=1S/C11H15ClOS/c1-11(2,13)8-14-7-9-5-3-4-6-10(9)12/h3-6,13H,7-8H2,1-2H3. The molecule has 1 aromatic carbocycles. The second-order valence-corrected chi connectivity index (χ2v) is 5.29. The Balaban J connectivity index is 2.43. The molecular weight excluding hydrogens is 216 g/mol. The van der Waals surface area contributed by atoms with E-state index >= 15 is 0 Å². The molecule has 1 aromatic rings. The molecule has 0 unspecified atom stereocenters. The molecule has 0 amide bonds. The summed E-state index contributed by atoms with van der Waals surface area (Å²) in [6.07, 6.45) is 0. The Bertz CT molecular complexity index is 294. The van der Waals surface area contributed by atoms with E-state index in [1.807, 2.05) is 38.1 Å². The van der Waals surface area contributed by atoms with Crippen LogP contribution < -0.4 is 0 Å². The van der Waals surface area contributed by atoms with Crippen molar-refractivity contribution in [3.8, 4) is 0 Å². The predicted octanol–water partition coefficient (Wildman–Crippen LogP) is 3.34. The molecule has 0 atom stereocenters. The van der Waals surface area contributed by atoms with E-state index in [1.165, 1.54) is 0 Å². The van der Waals surface area contributed by atoms with Gasteiger partial charge in [-0.3, -0.25) is 0 Å². The first-order chi connectivity index (χ1) is 6.49. The van der Waals surface area contributed by atoms with Crippen molar-refractivity contribution >= 4 is 23.4 Å². The van der Waals surface area contributed by atoms with E-state index in [2.05, 4.69) is 0 Å². The minimum Gasteiger partial charge on any atom is -0.390 e. The summed E-state index contributed by atoms with van der Waals surface area (Å²) in [6.45, 7) is 3.62. The minimum absolute atomic E-state index is 0.605. The van der Waals surface area contributed by atoms with Gasteiger partial charge in [0, 0.05) is 16.5 Å². The van der Waals surface area contributed by atoms with Crippen molar-refractivity contribution in [1.82, 2.24) is 0 Å². The van der Waals surface area contributed by atoms with E-state index in [4.69, 9.17) is 11.6 Å². The quantitative estimate of drug-likeness (QED) is 0.856. The van der Waals surface area contributed by atoms with Crippen molar-refractivity contribution in [3.05, 3.63) is 34.9 Å². The van der Waals surface area contributed by atoms with Gasteiger partial charge >= 0.3 is 0 Å². The fourth-order valence-electron chi connectivity index (χ4n) is 1.03. The highest BCUT2D eigenvalue weighted by Gasteiger charge is 2.12. The third-order valence-corrected chi connectivity index (χ3v) is 3.47. The number of hydrogen-bond acceptors (Lipinski definition) is 2. The van der Waals surface area contributed by atoms with Gasteiger partial charge in [0.05, 0.1) is 5.60 Å². The van der Waals surface area contributed by atoms with Crippen molar-refractivity contribution in [3.63, 3.8) is 0 Å². The average Bonchev–Trinajstić information content (AvgIpc) is 2.06. The lowest BCUT2D eigenvalue weighted by Crippen LogP contribution is -2.21. The molecule has 1 rings (SSSR count). The number of hydrogen-bond donors (Lipinski definition) is 1. The second-order valence-electron chi connectivity index (χ2n) is 3.90. The number of aliphatic hydroxyl groups is 1. The van der Waals surface area contributed by atoms with Crippen LogP contribution in [0.15, 0.2) is 24.3 Å². The SMILES string of the molecule is CC(C)(O)CSCc1ccccc1Cl. The molecule has 0 fully saturated rings. The topological polar surface area (TPSA) is 20.2 Å². The maximum Gasteiger partial charge on any atom is 0.0681 e. The van der Waals surface area contributed by atoms with Crippen molar-refractivity contribution in [1.29, 1.82) is 0 Å². The third kappa shape index (κ3) is 4.36. The van der Waals surface area contributed by atoms with Crippen LogP contribution in [0.4, 0.5) is 0 Å². The highest BCUT2D eigenvalue weighted by Crippen LogP contribution is 2.22. The highest BCUT2D eigenvalue weighted by molar-refractivity contribution is 7.98. The normalized spacial score (nSPS) is 11.7. The Morgan fingerprint density at radius 3 is 2.57 bits per heavy atom. The van der Waals surface area contributed by atoms with Crippen LogP contribution in [-0.4, -0.2) is 16.5 Å². The van der Waals surface area contributed by atoms with Crippen molar-refractivity contribution in [2.45, 2.75) is 25.2 Å². The molecule has 0 spiro atoms. The maximum atomic E-state index is 9.51. The van der Waals surface area contributed by atoms with Gasteiger partial charge in [0.25, 0.3) is 0 Å². The molecule has 0 aliphatic heterocycles. The Morgan fingerprint density at radius 2 is 2.00 bits per heavy atom. The molecule has 1 N–H and O–H groups in total. The first kappa shape index (κ1) is 11.9. The molecule has 0 bridgehead atoms. The molecule has 0 saturated heterocycles. The van der Waals surface area contributed by atoms with Crippen LogP contribution in [0, 0.1) is 0 Å². The molecule has 0 heterocycles. The van der Waals surface area contributed by atoms with Gasteiger partial charge in [-0.25, -0.2) is 0 Å². The van der Waals surface area contributed by atoms with E-state index < -0.39 is 5.60 Å². The van der Waals surface area contributed by atoms with Gasteiger partial charge in [-0.15, -0.1) is 0 Å². The average molecular weight is 231 g/mol. The van der Waals surface area contributed by atoms with Crippen molar-refractivity contribution in [2.24, 2.45) is 0 Å². The van der Waals surface area contributed by atoms with Crippen LogP contribution in [0.1, 0.15) is 19.4 Å². The largest absolute Gasteiger partial charge is 0.390 e. The van der Waals surface area contributed by atoms with E-state index in [0.29, 0.717) is 0 Å². The fourth-order valence-corrected chi connectivity index (χ4v) is 2.38. The molecular formula is C11H15ClOS. The molecule has 14 heavy (non-hydrogen) atoms. The van der Waals surface area contributed by atoms with Gasteiger partial charge in [0.2, 0.25) is 0 Å². The number of thioether (sulfide) groups is 1. The lowest BCUT2D eigenvalue weighted by molar-refractivity contribution is 0.107. The zero-order chi connectivity index (χ0) is 10.6. The number of rotatable bonds is 4. The molecule has 3 heteroatoms. The van der Waals surface area contributed by atoms with Gasteiger partial charge < -0.3 is 5.11 Å². The van der Waals surface area contributed by atoms with Crippen LogP contribution >= 0.6 is 23.4 Å². The van der Waals surface area contributed by atoms with Gasteiger partial charge in [-0.1, -0.05) is 29.8 Å². The molecule has 1 nitrogen and oxygen atoms in total. The van der Waals surface area contributed by atoms with Gasteiger partial charge in [-0.2, -0.15) is 11.8 Å². The molecule has 0 aromatic heterocycles. The minimum atomic E-state index is -0.605. The Kier molecular flexibility index (Phi) is 4.30. The first-order valence-electron chi connectivity index (χ1n) is 4.52. The van der Waals surface area contributed by atoms with E-state index in [1.54, 1.807) is 11.8 Å². The van der Waals surface area contributed by atoms with Crippen LogP contribution in [0.5, 0.6) is 0 Å². The van der Waals surface area contributed by atoms with E-state index in [0.717, 1.165) is 22.1 Å². The molecule has 0 saturated carbocycles. The number of benzene rings is 1.